The van der Waals surface area contributed by atoms with E-state index < -0.39 is 0 Å². The Hall–Kier alpha value is -3.15. The number of benzene rings is 1. The molecule has 1 aromatic carbocycles. The molecule has 1 N–H and O–H groups in total. The van der Waals surface area contributed by atoms with Gasteiger partial charge >= 0.3 is 0 Å². The number of hydrogen-bond donors (Lipinski definition) is 1. The van der Waals surface area contributed by atoms with Crippen LogP contribution in [0.4, 0.5) is 10.1 Å². The number of nitrogens with one attached hydrogen (secondary N) is 1. The first-order chi connectivity index (χ1) is 15.9. The molecule has 33 heavy (non-hydrogen) atoms. The van der Waals surface area contributed by atoms with E-state index >= 15 is 0 Å². The van der Waals surface area contributed by atoms with E-state index in [2.05, 4.69) is 20.9 Å². The Labute approximate surface area is 199 Å². The van der Waals surface area contributed by atoms with Gasteiger partial charge in [-0.15, -0.1) is 11.3 Å². The van der Waals surface area contributed by atoms with Crippen molar-refractivity contribution in [1.82, 2.24) is 9.88 Å². The van der Waals surface area contributed by atoms with Gasteiger partial charge in [0.1, 0.15) is 16.9 Å². The standard InChI is InChI=1S/C25H21FN4OS2/c1-14-11-16(12-22-23(31)29-25(33-22)28-18-9-7-17(26)8-10-18)15(2)30(14)24-20(13-27)19-5-3-4-6-21(19)32-24/h7-12H,3-6H2,1-2H3,(H,28,29,31). The molecule has 166 valence electrons. The number of nitrogens with zero attached hydrogens (tertiary/aromatic N) is 3. The van der Waals surface area contributed by atoms with E-state index in [0.29, 0.717) is 15.8 Å². The Morgan fingerprint density at radius 3 is 2.73 bits per heavy atom. The number of hydrogen-bond acceptors (Lipinski definition) is 5. The van der Waals surface area contributed by atoms with Crippen LogP contribution >= 0.6 is 23.1 Å². The summed E-state index contributed by atoms with van der Waals surface area (Å²) in [6, 6.07) is 10.3. The first-order valence-electron chi connectivity index (χ1n) is 10.7. The monoisotopic (exact) mass is 476 g/mol. The summed E-state index contributed by atoms with van der Waals surface area (Å²) >= 11 is 2.98. The van der Waals surface area contributed by atoms with Crippen LogP contribution in [-0.4, -0.2) is 15.6 Å². The number of nitriles is 1. The van der Waals surface area contributed by atoms with Crippen LogP contribution in [0, 0.1) is 31.0 Å². The van der Waals surface area contributed by atoms with Gasteiger partial charge in [-0.25, -0.2) is 9.38 Å². The summed E-state index contributed by atoms with van der Waals surface area (Å²) in [5.74, 6) is -0.542. The van der Waals surface area contributed by atoms with Crippen molar-refractivity contribution >= 4 is 45.9 Å². The molecule has 1 aliphatic carbocycles. The molecular weight excluding hydrogens is 455 g/mol. The molecular formula is C25H21FN4OS2. The summed E-state index contributed by atoms with van der Waals surface area (Å²) in [6.07, 6.45) is 6.18. The van der Waals surface area contributed by atoms with Crippen LogP contribution in [0.25, 0.3) is 11.1 Å². The molecule has 0 spiro atoms. The zero-order valence-electron chi connectivity index (χ0n) is 18.2. The van der Waals surface area contributed by atoms with Crippen molar-refractivity contribution in [3.05, 3.63) is 74.0 Å². The van der Waals surface area contributed by atoms with E-state index in [4.69, 9.17) is 0 Å². The molecule has 2 aliphatic rings. The van der Waals surface area contributed by atoms with Gasteiger partial charge in [-0.3, -0.25) is 4.79 Å². The minimum absolute atomic E-state index is 0.213. The molecule has 2 aromatic heterocycles. The Kier molecular flexibility index (Phi) is 5.69. The topological polar surface area (TPSA) is 70.2 Å². The van der Waals surface area contributed by atoms with Crippen molar-refractivity contribution in [3.8, 4) is 11.1 Å². The molecule has 0 atom stereocenters. The van der Waals surface area contributed by atoms with Gasteiger partial charge in [0, 0.05) is 16.3 Å². The normalized spacial score (nSPS) is 17.9. The molecule has 5 rings (SSSR count). The Morgan fingerprint density at radius 2 is 1.97 bits per heavy atom. The van der Waals surface area contributed by atoms with Crippen LogP contribution in [-0.2, 0) is 17.6 Å². The number of thiophene rings is 1. The quantitative estimate of drug-likeness (QED) is 0.476. The van der Waals surface area contributed by atoms with Gasteiger partial charge in [-0.1, -0.05) is 0 Å². The number of amidine groups is 1. The molecule has 0 unspecified atom stereocenters. The molecule has 8 heteroatoms. The van der Waals surface area contributed by atoms with E-state index in [-0.39, 0.29) is 11.7 Å². The zero-order valence-corrected chi connectivity index (χ0v) is 19.9. The number of aryl methyl sites for hydroxylation is 2. The number of amides is 1. The van der Waals surface area contributed by atoms with E-state index in [1.165, 1.54) is 40.8 Å². The first-order valence-corrected chi connectivity index (χ1v) is 12.4. The number of fused-ring (bicyclic) bond motifs is 1. The molecule has 5 nitrogen and oxygen atoms in total. The summed E-state index contributed by atoms with van der Waals surface area (Å²) in [5, 5.41) is 14.1. The third-order valence-electron chi connectivity index (χ3n) is 5.93. The van der Waals surface area contributed by atoms with E-state index in [0.717, 1.165) is 46.8 Å². The SMILES string of the molecule is Cc1cc(C=C2SC(=Nc3ccc(F)cc3)NC2=O)c(C)n1-c1sc2c(c1C#N)CCCC2. The second-order valence-electron chi connectivity index (χ2n) is 8.12. The van der Waals surface area contributed by atoms with Crippen LogP contribution in [0.3, 0.4) is 0 Å². The van der Waals surface area contributed by atoms with Gasteiger partial charge < -0.3 is 9.88 Å². The van der Waals surface area contributed by atoms with Crippen LogP contribution < -0.4 is 5.32 Å². The minimum Gasteiger partial charge on any atom is -0.308 e. The highest BCUT2D eigenvalue weighted by molar-refractivity contribution is 8.18. The van der Waals surface area contributed by atoms with Gasteiger partial charge in [0.15, 0.2) is 5.17 Å². The summed E-state index contributed by atoms with van der Waals surface area (Å²) < 4.78 is 15.3. The van der Waals surface area contributed by atoms with Gasteiger partial charge in [0.25, 0.3) is 5.91 Å². The van der Waals surface area contributed by atoms with E-state index in [1.54, 1.807) is 23.5 Å². The predicted molar refractivity (Wildman–Crippen MR) is 132 cm³/mol. The number of thioether (sulfide) groups is 1. The predicted octanol–water partition coefficient (Wildman–Crippen LogP) is 5.94. The smallest absolute Gasteiger partial charge is 0.264 e. The van der Waals surface area contributed by atoms with Crippen LogP contribution in [0.2, 0.25) is 0 Å². The lowest BCUT2D eigenvalue weighted by atomic mass is 9.96. The largest absolute Gasteiger partial charge is 0.308 e. The van der Waals surface area contributed by atoms with E-state index in [9.17, 15) is 14.4 Å². The number of aliphatic imine (C=N–C) groups is 1. The average molecular weight is 477 g/mol. The Balaban J connectivity index is 1.48. The second kappa shape index (κ2) is 8.65. The summed E-state index contributed by atoms with van der Waals surface area (Å²) in [4.78, 5) is 18.8. The molecule has 1 fully saturated rings. The average Bonchev–Trinajstić information content (AvgIpc) is 3.42. The number of halogens is 1. The molecule has 0 radical (unpaired) electrons. The summed E-state index contributed by atoms with van der Waals surface area (Å²) in [7, 11) is 0. The maximum Gasteiger partial charge on any atom is 0.264 e. The molecule has 1 amide bonds. The van der Waals surface area contributed by atoms with Crippen molar-refractivity contribution in [1.29, 1.82) is 5.26 Å². The second-order valence-corrected chi connectivity index (χ2v) is 10.2. The third-order valence-corrected chi connectivity index (χ3v) is 8.12. The maximum absolute atomic E-state index is 13.1. The summed E-state index contributed by atoms with van der Waals surface area (Å²) in [5.41, 5.74) is 5.53. The lowest BCUT2D eigenvalue weighted by molar-refractivity contribution is -0.115. The van der Waals surface area contributed by atoms with Gasteiger partial charge in [-0.2, -0.15) is 5.26 Å². The van der Waals surface area contributed by atoms with Crippen LogP contribution in [0.5, 0.6) is 0 Å². The fourth-order valence-electron chi connectivity index (χ4n) is 4.33. The van der Waals surface area contributed by atoms with Crippen molar-refractivity contribution in [2.24, 2.45) is 4.99 Å². The Bertz CT molecular complexity index is 1370. The third kappa shape index (κ3) is 4.03. The highest BCUT2D eigenvalue weighted by Crippen LogP contribution is 2.39. The van der Waals surface area contributed by atoms with Crippen molar-refractivity contribution < 1.29 is 9.18 Å². The van der Waals surface area contributed by atoms with Gasteiger partial charge in [-0.05, 0) is 98.8 Å². The van der Waals surface area contributed by atoms with Crippen molar-refractivity contribution in [3.63, 3.8) is 0 Å². The molecule has 1 aliphatic heterocycles. The van der Waals surface area contributed by atoms with Crippen molar-refractivity contribution in [2.45, 2.75) is 39.5 Å². The number of carbonyl (C=O) groups excluding carboxylic acids is 1. The zero-order chi connectivity index (χ0) is 23.1. The molecule has 0 saturated carbocycles. The fourth-order valence-corrected chi connectivity index (χ4v) is 6.61. The van der Waals surface area contributed by atoms with Crippen molar-refractivity contribution in [2.75, 3.05) is 0 Å². The first kappa shape index (κ1) is 21.7. The number of rotatable bonds is 3. The Morgan fingerprint density at radius 1 is 1.21 bits per heavy atom. The number of carbonyl (C=O) groups is 1. The van der Waals surface area contributed by atoms with Gasteiger partial charge in [0.2, 0.25) is 0 Å². The highest BCUT2D eigenvalue weighted by atomic mass is 32.2. The fraction of sp³-hybridized carbons (Fsp3) is 0.240. The highest BCUT2D eigenvalue weighted by Gasteiger charge is 2.26. The molecule has 3 heterocycles. The van der Waals surface area contributed by atoms with Gasteiger partial charge in [0.05, 0.1) is 16.2 Å². The molecule has 1 saturated heterocycles. The number of aromatic nitrogens is 1. The minimum atomic E-state index is -0.329. The van der Waals surface area contributed by atoms with Crippen LogP contribution in [0.1, 0.15) is 45.8 Å². The lowest BCUT2D eigenvalue weighted by Gasteiger charge is -2.10. The molecule has 0 bridgehead atoms. The van der Waals surface area contributed by atoms with Crippen LogP contribution in [0.15, 0.2) is 40.2 Å². The summed E-state index contributed by atoms with van der Waals surface area (Å²) in [6.45, 7) is 4.04. The van der Waals surface area contributed by atoms with E-state index in [1.807, 2.05) is 26.0 Å². The maximum atomic E-state index is 13.1. The lowest BCUT2D eigenvalue weighted by Crippen LogP contribution is -2.19. The molecule has 3 aromatic rings.